The van der Waals surface area contributed by atoms with E-state index in [9.17, 15) is 0 Å². The van der Waals surface area contributed by atoms with Gasteiger partial charge in [0.15, 0.2) is 12.2 Å². The minimum atomic E-state index is 0.847. The molecule has 1 aromatic carbocycles. The molecule has 0 spiro atoms. The van der Waals surface area contributed by atoms with E-state index in [1.165, 1.54) is 12.0 Å². The van der Waals surface area contributed by atoms with E-state index in [0.29, 0.717) is 0 Å². The second kappa shape index (κ2) is 5.47. The molecule has 0 fully saturated rings. The van der Waals surface area contributed by atoms with Crippen LogP contribution in [0.1, 0.15) is 12.0 Å². The minimum Gasteiger partial charge on any atom is -0.444 e. The van der Waals surface area contributed by atoms with E-state index in [4.69, 9.17) is 4.42 Å². The van der Waals surface area contributed by atoms with Crippen LogP contribution in [-0.4, -0.2) is 18.6 Å². The minimum absolute atomic E-state index is 0.847. The van der Waals surface area contributed by atoms with Crippen molar-refractivity contribution in [2.75, 3.05) is 13.6 Å². The predicted octanol–water partition coefficient (Wildman–Crippen LogP) is 2.49. The highest BCUT2D eigenvalue weighted by molar-refractivity contribution is 5.61. The Morgan fingerprint density at radius 1 is 1.31 bits per heavy atom. The third-order valence-corrected chi connectivity index (χ3v) is 2.59. The number of aryl methyl sites for hydroxylation is 1. The highest BCUT2D eigenvalue weighted by Crippen LogP contribution is 2.23. The molecule has 0 aliphatic heterocycles. The molecule has 84 valence electrons. The standard InChI is InChI=1S/C13H16N2O/c1-14-8-4-6-11-5-2-3-7-12(11)13-9-15-10-16-13/h2-3,5,7,9-10,14H,4,6,8H2,1H3. The molecule has 2 rings (SSSR count). The molecule has 0 aliphatic carbocycles. The maximum atomic E-state index is 5.34. The summed E-state index contributed by atoms with van der Waals surface area (Å²) in [5, 5.41) is 3.16. The molecule has 0 saturated heterocycles. The third kappa shape index (κ3) is 2.49. The van der Waals surface area contributed by atoms with E-state index in [1.807, 2.05) is 13.1 Å². The van der Waals surface area contributed by atoms with Crippen molar-refractivity contribution in [1.29, 1.82) is 0 Å². The fraction of sp³-hybridized carbons (Fsp3) is 0.308. The lowest BCUT2D eigenvalue weighted by Gasteiger charge is -2.06. The molecule has 0 unspecified atom stereocenters. The van der Waals surface area contributed by atoms with E-state index in [1.54, 1.807) is 6.20 Å². The number of oxazole rings is 1. The lowest BCUT2D eigenvalue weighted by molar-refractivity contribution is 0.571. The summed E-state index contributed by atoms with van der Waals surface area (Å²) in [4.78, 5) is 3.96. The summed E-state index contributed by atoms with van der Waals surface area (Å²) in [6.45, 7) is 1.03. The van der Waals surface area contributed by atoms with Crippen molar-refractivity contribution in [3.63, 3.8) is 0 Å². The van der Waals surface area contributed by atoms with Crippen LogP contribution in [0.15, 0.2) is 41.3 Å². The summed E-state index contributed by atoms with van der Waals surface area (Å²) in [7, 11) is 1.97. The largest absolute Gasteiger partial charge is 0.444 e. The Morgan fingerprint density at radius 2 is 2.19 bits per heavy atom. The number of nitrogens with one attached hydrogen (secondary N) is 1. The third-order valence-electron chi connectivity index (χ3n) is 2.59. The highest BCUT2D eigenvalue weighted by atomic mass is 16.3. The number of aromatic nitrogens is 1. The predicted molar refractivity (Wildman–Crippen MR) is 64.2 cm³/mol. The normalized spacial score (nSPS) is 10.6. The average molecular weight is 216 g/mol. The first-order chi connectivity index (χ1) is 7.92. The van der Waals surface area contributed by atoms with Crippen molar-refractivity contribution in [3.8, 4) is 11.3 Å². The average Bonchev–Trinajstić information content (AvgIpc) is 2.83. The second-order valence-electron chi connectivity index (χ2n) is 3.73. The van der Waals surface area contributed by atoms with Crippen molar-refractivity contribution < 1.29 is 4.42 Å². The van der Waals surface area contributed by atoms with Gasteiger partial charge >= 0.3 is 0 Å². The summed E-state index contributed by atoms with van der Waals surface area (Å²) >= 11 is 0. The summed E-state index contributed by atoms with van der Waals surface area (Å²) in [6, 6.07) is 8.32. The molecule has 3 heteroatoms. The van der Waals surface area contributed by atoms with Gasteiger partial charge in [-0.05, 0) is 32.0 Å². The number of rotatable bonds is 5. The van der Waals surface area contributed by atoms with Crippen LogP contribution in [0.4, 0.5) is 0 Å². The Hall–Kier alpha value is -1.61. The van der Waals surface area contributed by atoms with Gasteiger partial charge in [0.2, 0.25) is 0 Å². The van der Waals surface area contributed by atoms with Crippen molar-refractivity contribution in [2.45, 2.75) is 12.8 Å². The maximum absolute atomic E-state index is 5.34. The van der Waals surface area contributed by atoms with Crippen LogP contribution in [0.3, 0.4) is 0 Å². The smallest absolute Gasteiger partial charge is 0.181 e. The van der Waals surface area contributed by atoms with Crippen LogP contribution >= 0.6 is 0 Å². The molecule has 16 heavy (non-hydrogen) atoms. The van der Waals surface area contributed by atoms with Gasteiger partial charge in [-0.1, -0.05) is 24.3 Å². The number of hydrogen-bond acceptors (Lipinski definition) is 3. The van der Waals surface area contributed by atoms with Crippen molar-refractivity contribution in [1.82, 2.24) is 10.3 Å². The van der Waals surface area contributed by atoms with Gasteiger partial charge in [0.1, 0.15) is 0 Å². The van der Waals surface area contributed by atoms with Crippen molar-refractivity contribution in [3.05, 3.63) is 42.4 Å². The van der Waals surface area contributed by atoms with E-state index < -0.39 is 0 Å². The Kier molecular flexibility index (Phi) is 3.72. The Bertz CT molecular complexity index is 423. The molecule has 0 radical (unpaired) electrons. The summed E-state index contributed by atoms with van der Waals surface area (Å²) in [6.07, 6.45) is 5.41. The van der Waals surface area contributed by atoms with Crippen LogP contribution in [0.25, 0.3) is 11.3 Å². The van der Waals surface area contributed by atoms with Gasteiger partial charge < -0.3 is 9.73 Å². The Morgan fingerprint density at radius 3 is 2.94 bits per heavy atom. The van der Waals surface area contributed by atoms with Crippen LogP contribution in [-0.2, 0) is 6.42 Å². The molecule has 3 nitrogen and oxygen atoms in total. The number of hydrogen-bond donors (Lipinski definition) is 1. The lowest BCUT2D eigenvalue weighted by atomic mass is 10.0. The molecular formula is C13H16N2O. The number of benzene rings is 1. The summed E-state index contributed by atoms with van der Waals surface area (Å²) < 4.78 is 5.34. The zero-order chi connectivity index (χ0) is 11.2. The van der Waals surface area contributed by atoms with E-state index in [-0.39, 0.29) is 0 Å². The molecule has 0 amide bonds. The van der Waals surface area contributed by atoms with E-state index in [0.717, 1.165) is 30.7 Å². The van der Waals surface area contributed by atoms with Crippen LogP contribution in [0.5, 0.6) is 0 Å². The Labute approximate surface area is 95.5 Å². The van der Waals surface area contributed by atoms with Crippen LogP contribution in [0.2, 0.25) is 0 Å². The van der Waals surface area contributed by atoms with Gasteiger partial charge in [-0.3, -0.25) is 0 Å². The monoisotopic (exact) mass is 216 g/mol. The molecule has 0 atom stereocenters. The second-order valence-corrected chi connectivity index (χ2v) is 3.73. The topological polar surface area (TPSA) is 38.1 Å². The lowest BCUT2D eigenvalue weighted by Crippen LogP contribution is -2.08. The fourth-order valence-corrected chi connectivity index (χ4v) is 1.78. The molecular weight excluding hydrogens is 200 g/mol. The van der Waals surface area contributed by atoms with Gasteiger partial charge in [-0.2, -0.15) is 0 Å². The molecule has 0 aliphatic rings. The first-order valence-electron chi connectivity index (χ1n) is 5.53. The van der Waals surface area contributed by atoms with Gasteiger partial charge in [0.25, 0.3) is 0 Å². The maximum Gasteiger partial charge on any atom is 0.181 e. The summed E-state index contributed by atoms with van der Waals surface area (Å²) in [5.41, 5.74) is 2.46. The van der Waals surface area contributed by atoms with Crippen molar-refractivity contribution in [2.24, 2.45) is 0 Å². The Balaban J connectivity index is 2.18. The van der Waals surface area contributed by atoms with E-state index in [2.05, 4.69) is 28.5 Å². The number of nitrogens with zero attached hydrogens (tertiary/aromatic N) is 1. The first-order valence-corrected chi connectivity index (χ1v) is 5.53. The summed E-state index contributed by atoms with van der Waals surface area (Å²) in [5.74, 6) is 0.847. The van der Waals surface area contributed by atoms with Gasteiger partial charge in [-0.25, -0.2) is 4.98 Å². The molecule has 1 N–H and O–H groups in total. The highest BCUT2D eigenvalue weighted by Gasteiger charge is 2.06. The zero-order valence-corrected chi connectivity index (χ0v) is 9.44. The molecule has 1 heterocycles. The molecule has 1 aromatic heterocycles. The molecule has 2 aromatic rings. The molecule has 0 bridgehead atoms. The molecule has 0 saturated carbocycles. The quantitative estimate of drug-likeness (QED) is 0.780. The van der Waals surface area contributed by atoms with Gasteiger partial charge in [-0.15, -0.1) is 0 Å². The fourth-order valence-electron chi connectivity index (χ4n) is 1.78. The van der Waals surface area contributed by atoms with Crippen LogP contribution < -0.4 is 5.32 Å². The zero-order valence-electron chi connectivity index (χ0n) is 9.44. The first kappa shape index (κ1) is 10.9. The van der Waals surface area contributed by atoms with Gasteiger partial charge in [0.05, 0.1) is 6.20 Å². The van der Waals surface area contributed by atoms with Gasteiger partial charge in [0, 0.05) is 5.56 Å². The SMILES string of the molecule is CNCCCc1ccccc1-c1cnco1. The van der Waals surface area contributed by atoms with Crippen molar-refractivity contribution >= 4 is 0 Å². The van der Waals surface area contributed by atoms with Crippen LogP contribution in [0, 0.1) is 0 Å². The van der Waals surface area contributed by atoms with E-state index >= 15 is 0 Å².